The zero-order valence-corrected chi connectivity index (χ0v) is 18.1. The van der Waals surface area contributed by atoms with Crippen molar-refractivity contribution in [3.05, 3.63) is 89.3 Å². The molecule has 4 aromatic rings. The highest BCUT2D eigenvalue weighted by Gasteiger charge is 2.10. The summed E-state index contributed by atoms with van der Waals surface area (Å²) in [5, 5.41) is 3.49. The minimum Gasteiger partial charge on any atom is -0.382 e. The van der Waals surface area contributed by atoms with E-state index in [0.717, 1.165) is 5.39 Å². The number of nitrogen functional groups attached to an aromatic ring is 1. The Kier molecular flexibility index (Phi) is 6.24. The molecule has 0 aliphatic carbocycles. The van der Waals surface area contributed by atoms with Gasteiger partial charge in [-0.2, -0.15) is 0 Å². The number of nitrogens with one attached hydrogen (secondary N) is 1. The monoisotopic (exact) mass is 440 g/mol. The van der Waals surface area contributed by atoms with Crippen LogP contribution in [0.1, 0.15) is 27.0 Å². The number of benzene rings is 1. The van der Waals surface area contributed by atoms with Gasteiger partial charge in [0.25, 0.3) is 5.91 Å². The third-order valence-electron chi connectivity index (χ3n) is 4.81. The van der Waals surface area contributed by atoms with Gasteiger partial charge in [-0.1, -0.05) is 17.9 Å². The third kappa shape index (κ3) is 5.11. The van der Waals surface area contributed by atoms with Crippen molar-refractivity contribution < 1.29 is 9.18 Å². The second-order valence-electron chi connectivity index (χ2n) is 7.67. The van der Waals surface area contributed by atoms with E-state index in [-0.39, 0.29) is 5.82 Å². The molecule has 164 valence electrons. The van der Waals surface area contributed by atoms with E-state index in [1.165, 1.54) is 12.3 Å². The van der Waals surface area contributed by atoms with Gasteiger partial charge in [0.15, 0.2) is 0 Å². The lowest BCUT2D eigenvalue weighted by atomic mass is 10.1. The van der Waals surface area contributed by atoms with Gasteiger partial charge in [-0.15, -0.1) is 0 Å². The molecule has 3 aromatic heterocycles. The van der Waals surface area contributed by atoms with Crippen LogP contribution in [-0.4, -0.2) is 39.9 Å². The first-order valence-electron chi connectivity index (χ1n) is 10.1. The molecule has 0 bridgehead atoms. The summed E-state index contributed by atoms with van der Waals surface area (Å²) in [6.45, 7) is 0.472. The lowest BCUT2D eigenvalue weighted by Gasteiger charge is -2.12. The van der Waals surface area contributed by atoms with Crippen LogP contribution < -0.4 is 11.1 Å². The van der Waals surface area contributed by atoms with E-state index in [0.29, 0.717) is 45.8 Å². The van der Waals surface area contributed by atoms with Gasteiger partial charge in [-0.3, -0.25) is 14.8 Å². The zero-order chi connectivity index (χ0) is 23.4. The summed E-state index contributed by atoms with van der Waals surface area (Å²) < 4.78 is 14.3. The van der Waals surface area contributed by atoms with Crippen molar-refractivity contribution in [3.8, 4) is 11.8 Å². The summed E-state index contributed by atoms with van der Waals surface area (Å²) in [4.78, 5) is 27.0. The lowest BCUT2D eigenvalue weighted by molar-refractivity contribution is 0.102. The minimum absolute atomic E-state index is 0.307. The summed E-state index contributed by atoms with van der Waals surface area (Å²) in [6, 6.07) is 9.93. The van der Waals surface area contributed by atoms with Crippen LogP contribution in [0.25, 0.3) is 10.9 Å². The predicted molar refractivity (Wildman–Crippen MR) is 126 cm³/mol. The summed E-state index contributed by atoms with van der Waals surface area (Å²) in [7, 11) is 3.72. The van der Waals surface area contributed by atoms with E-state index in [4.69, 9.17) is 5.73 Å². The van der Waals surface area contributed by atoms with E-state index in [9.17, 15) is 9.18 Å². The molecule has 8 heteroatoms. The van der Waals surface area contributed by atoms with Crippen molar-refractivity contribution in [2.45, 2.75) is 6.54 Å². The number of nitrogens with two attached hydrogens (primary N) is 1. The van der Waals surface area contributed by atoms with Crippen LogP contribution in [0, 0.1) is 17.7 Å². The Morgan fingerprint density at radius 2 is 1.97 bits per heavy atom. The maximum Gasteiger partial charge on any atom is 0.257 e. The normalized spacial score (nSPS) is 10.7. The molecule has 1 amide bonds. The molecule has 0 aliphatic rings. The van der Waals surface area contributed by atoms with Crippen LogP contribution in [-0.2, 0) is 6.54 Å². The van der Waals surface area contributed by atoms with Gasteiger partial charge in [-0.25, -0.2) is 9.37 Å². The number of rotatable bonds is 4. The molecule has 0 atom stereocenters. The molecule has 33 heavy (non-hydrogen) atoms. The van der Waals surface area contributed by atoms with Crippen LogP contribution in [0.2, 0.25) is 0 Å². The standard InChI is InChI=1S/C25H21FN6O/c1-32(2)15-18-7-8-20(11-22(18)26)31-25(33)19-10-16(12-28-13-19)5-6-17-14-30-24(27)23-21(17)4-3-9-29-23/h3-4,7-14H,15H2,1-2H3,(H2,27,30)(H,31,33). The number of amides is 1. The maximum atomic E-state index is 14.3. The summed E-state index contributed by atoms with van der Waals surface area (Å²) in [5.74, 6) is 5.59. The van der Waals surface area contributed by atoms with E-state index >= 15 is 0 Å². The van der Waals surface area contributed by atoms with Crippen molar-refractivity contribution in [2.24, 2.45) is 0 Å². The number of aromatic nitrogens is 3. The van der Waals surface area contributed by atoms with Gasteiger partial charge in [0.1, 0.15) is 17.2 Å². The first kappa shape index (κ1) is 21.9. The first-order valence-corrected chi connectivity index (χ1v) is 10.1. The van der Waals surface area contributed by atoms with Crippen molar-refractivity contribution in [1.82, 2.24) is 19.9 Å². The first-order chi connectivity index (χ1) is 15.9. The number of hydrogen-bond acceptors (Lipinski definition) is 6. The summed E-state index contributed by atoms with van der Waals surface area (Å²) in [5.41, 5.74) is 8.90. The van der Waals surface area contributed by atoms with Gasteiger partial charge >= 0.3 is 0 Å². The highest BCUT2D eigenvalue weighted by Crippen LogP contribution is 2.20. The second-order valence-corrected chi connectivity index (χ2v) is 7.67. The fourth-order valence-electron chi connectivity index (χ4n) is 3.26. The molecule has 0 radical (unpaired) electrons. The largest absolute Gasteiger partial charge is 0.382 e. The summed E-state index contributed by atoms with van der Waals surface area (Å²) >= 11 is 0. The molecule has 0 saturated heterocycles. The molecule has 4 rings (SSSR count). The van der Waals surface area contributed by atoms with Crippen molar-refractivity contribution >= 4 is 28.3 Å². The fourth-order valence-corrected chi connectivity index (χ4v) is 3.26. The van der Waals surface area contributed by atoms with Crippen molar-refractivity contribution in [1.29, 1.82) is 0 Å². The fraction of sp³-hybridized carbons (Fsp3) is 0.120. The number of carbonyl (C=O) groups excluding carboxylic acids is 1. The molecule has 0 saturated carbocycles. The molecule has 3 heterocycles. The van der Waals surface area contributed by atoms with Crippen LogP contribution in [0.3, 0.4) is 0 Å². The Balaban J connectivity index is 1.54. The van der Waals surface area contributed by atoms with Gasteiger partial charge in [-0.05, 0) is 44.4 Å². The minimum atomic E-state index is -0.408. The van der Waals surface area contributed by atoms with E-state index in [1.54, 1.807) is 42.9 Å². The SMILES string of the molecule is CN(C)Cc1ccc(NC(=O)c2cncc(C#Cc3cnc(N)c4ncccc34)c2)cc1F. The quantitative estimate of drug-likeness (QED) is 0.472. The molecule has 0 aliphatic heterocycles. The third-order valence-corrected chi connectivity index (χ3v) is 4.81. The van der Waals surface area contributed by atoms with Gasteiger partial charge in [0.2, 0.25) is 0 Å². The maximum absolute atomic E-state index is 14.3. The highest BCUT2D eigenvalue weighted by atomic mass is 19.1. The van der Waals surface area contributed by atoms with Gasteiger partial charge in [0.05, 0.1) is 11.1 Å². The number of fused-ring (bicyclic) bond motifs is 1. The Labute approximate surface area is 190 Å². The number of nitrogens with zero attached hydrogens (tertiary/aromatic N) is 4. The van der Waals surface area contributed by atoms with Crippen LogP contribution in [0.5, 0.6) is 0 Å². The molecule has 0 spiro atoms. The molecule has 1 aromatic carbocycles. The average Bonchev–Trinajstić information content (AvgIpc) is 2.80. The predicted octanol–water partition coefficient (Wildman–Crippen LogP) is 3.46. The van der Waals surface area contributed by atoms with Gasteiger partial charge < -0.3 is 16.0 Å². The van der Waals surface area contributed by atoms with E-state index < -0.39 is 5.91 Å². The van der Waals surface area contributed by atoms with Gasteiger partial charge in [0, 0.05) is 53.5 Å². The molecular formula is C25H21FN6O. The topological polar surface area (TPSA) is 97.0 Å². The Bertz CT molecular complexity index is 1410. The summed E-state index contributed by atoms with van der Waals surface area (Å²) in [6.07, 6.45) is 6.22. The Hall–Kier alpha value is -4.35. The molecule has 0 unspecified atom stereocenters. The van der Waals surface area contributed by atoms with E-state index in [1.807, 2.05) is 25.1 Å². The Morgan fingerprint density at radius 1 is 1.12 bits per heavy atom. The second kappa shape index (κ2) is 9.42. The Morgan fingerprint density at radius 3 is 2.76 bits per heavy atom. The number of anilines is 2. The van der Waals surface area contributed by atoms with Crippen LogP contribution in [0.15, 0.2) is 61.2 Å². The smallest absolute Gasteiger partial charge is 0.257 e. The number of pyridine rings is 3. The highest BCUT2D eigenvalue weighted by molar-refractivity contribution is 6.04. The molecular weight excluding hydrogens is 419 g/mol. The number of halogens is 1. The van der Waals surface area contributed by atoms with E-state index in [2.05, 4.69) is 32.1 Å². The molecule has 0 fully saturated rings. The van der Waals surface area contributed by atoms with Crippen LogP contribution in [0.4, 0.5) is 15.9 Å². The van der Waals surface area contributed by atoms with Crippen LogP contribution >= 0.6 is 0 Å². The zero-order valence-electron chi connectivity index (χ0n) is 18.1. The molecule has 7 nitrogen and oxygen atoms in total. The van der Waals surface area contributed by atoms with Crippen molar-refractivity contribution in [3.63, 3.8) is 0 Å². The average molecular weight is 440 g/mol. The van der Waals surface area contributed by atoms with Crippen molar-refractivity contribution in [2.75, 3.05) is 25.1 Å². The number of carbonyl (C=O) groups is 1. The lowest BCUT2D eigenvalue weighted by Crippen LogP contribution is -2.14. The number of hydrogen-bond donors (Lipinski definition) is 2. The molecule has 3 N–H and O–H groups in total.